The molecule has 0 aliphatic heterocycles. The number of aldehydes is 1. The molecule has 0 bridgehead atoms. The van der Waals surface area contributed by atoms with E-state index in [2.05, 4.69) is 37.8 Å². The number of carboxylic acid groups (broad SMARTS) is 2. The number of hydrogen-bond donors (Lipinski definition) is 3. The summed E-state index contributed by atoms with van der Waals surface area (Å²) < 4.78 is 5.90. The lowest BCUT2D eigenvalue weighted by Crippen LogP contribution is -2.36. The first-order valence-corrected chi connectivity index (χ1v) is 42.0. The molecule has 6 aliphatic rings. The molecule has 8 aromatic rings. The molecule has 2 atom stereocenters. The second kappa shape index (κ2) is 41.1. The number of nitrogens with zero attached hydrogens (tertiary/aromatic N) is 5. The Morgan fingerprint density at radius 3 is 1.22 bits per heavy atom. The number of rotatable bonds is 16. The number of aliphatic hydroxyl groups is 1. The molecule has 3 N–H and O–H groups in total. The number of nitriles is 1. The van der Waals surface area contributed by atoms with Crippen molar-refractivity contribution < 1.29 is 48.5 Å². The SMILES string of the molecule is C[Si](C)(C)OC(C#N)C1CCCCC1.O=C(C(=O)C1CCCCC1)c1ccccc1.O=C(O)c1ccc2nc(-c3ccccc3)c(C3CCCCC3)nc2c1.O=C(O)c1ccc2nc(C3CCCCC3)c(-c3ccccc3)nc2c1.O=C(c1ccccc1)C(O)C1CCCCC1.O=CC1CCCCC1. The highest BCUT2D eigenvalue weighted by atomic mass is 28.4. The maximum Gasteiger partial charge on any atom is 0.335 e. The predicted octanol–water partition coefficient (Wildman–Crippen LogP) is 21.0. The van der Waals surface area contributed by atoms with Crippen molar-refractivity contribution in [1.29, 1.82) is 5.26 Å². The Hall–Kier alpha value is -8.75. The summed E-state index contributed by atoms with van der Waals surface area (Å²) in [4.78, 5) is 88.1. The molecule has 0 spiro atoms. The molecule has 0 radical (unpaired) electrons. The Balaban J connectivity index is 0.000000149. The van der Waals surface area contributed by atoms with Crippen LogP contribution in [0, 0.1) is 35.0 Å². The minimum Gasteiger partial charge on any atom is -0.478 e. The molecule has 6 fully saturated rings. The molecule has 14 rings (SSSR count). The largest absolute Gasteiger partial charge is 0.478 e. The molecule has 2 aromatic heterocycles. The number of carbonyl (C=O) groups excluding carboxylic acids is 4. The normalized spacial score (nSPS) is 17.6. The highest BCUT2D eigenvalue weighted by Crippen LogP contribution is 2.40. The van der Waals surface area contributed by atoms with Gasteiger partial charge in [-0.15, -0.1) is 0 Å². The average Bonchev–Trinajstić information content (AvgIpc) is 0.782. The van der Waals surface area contributed by atoms with Gasteiger partial charge in [-0.2, -0.15) is 5.26 Å². The van der Waals surface area contributed by atoms with Crippen molar-refractivity contribution in [3.05, 3.63) is 191 Å². The molecule has 2 heterocycles. The Kier molecular flexibility index (Phi) is 31.3. The second-order valence-electron chi connectivity index (χ2n) is 30.0. The van der Waals surface area contributed by atoms with E-state index in [1.165, 1.54) is 103 Å². The van der Waals surface area contributed by atoms with Gasteiger partial charge in [0.1, 0.15) is 18.5 Å². The lowest BCUT2D eigenvalue weighted by atomic mass is 9.82. The summed E-state index contributed by atoms with van der Waals surface area (Å²) in [7, 11) is -1.55. The van der Waals surface area contributed by atoms with Crippen LogP contribution in [-0.2, 0) is 14.0 Å². The fourth-order valence-electron chi connectivity index (χ4n) is 15.4. The van der Waals surface area contributed by atoms with Crippen molar-refractivity contribution >= 4 is 66.0 Å². The molecular formula is C88H107N5O10Si. The van der Waals surface area contributed by atoms with E-state index in [9.17, 15) is 44.1 Å². The van der Waals surface area contributed by atoms with Crippen LogP contribution in [0.4, 0.5) is 0 Å². The number of carboxylic acids is 2. The van der Waals surface area contributed by atoms with Crippen molar-refractivity contribution in [2.45, 2.75) is 236 Å². The second-order valence-corrected chi connectivity index (χ2v) is 34.5. The predicted molar refractivity (Wildman–Crippen MR) is 414 cm³/mol. The van der Waals surface area contributed by atoms with E-state index in [1.54, 1.807) is 72.8 Å². The van der Waals surface area contributed by atoms with Crippen LogP contribution in [0.1, 0.15) is 257 Å². The molecule has 6 saturated carbocycles. The van der Waals surface area contributed by atoms with Crippen LogP contribution in [0.15, 0.2) is 158 Å². The molecule has 104 heavy (non-hydrogen) atoms. The third-order valence-corrected chi connectivity index (χ3v) is 22.1. The van der Waals surface area contributed by atoms with E-state index in [1.807, 2.05) is 72.8 Å². The third-order valence-electron chi connectivity index (χ3n) is 21.1. The maximum atomic E-state index is 12.0. The summed E-state index contributed by atoms with van der Waals surface area (Å²) in [5.41, 5.74) is 10.5. The van der Waals surface area contributed by atoms with Gasteiger partial charge in [0.25, 0.3) is 0 Å². The van der Waals surface area contributed by atoms with Crippen LogP contribution >= 0.6 is 0 Å². The van der Waals surface area contributed by atoms with Crippen molar-refractivity contribution in [2.24, 2.45) is 23.7 Å². The zero-order valence-electron chi connectivity index (χ0n) is 61.4. The number of benzene rings is 6. The van der Waals surface area contributed by atoms with Crippen molar-refractivity contribution in [1.82, 2.24) is 19.9 Å². The van der Waals surface area contributed by atoms with Crippen LogP contribution in [0.5, 0.6) is 0 Å². The summed E-state index contributed by atoms with van der Waals surface area (Å²) in [6.45, 7) is 6.46. The van der Waals surface area contributed by atoms with Crippen molar-refractivity contribution in [2.75, 3.05) is 0 Å². The topological polar surface area (TPSA) is 248 Å². The number of aromatic carboxylic acids is 2. The summed E-state index contributed by atoms with van der Waals surface area (Å²) >= 11 is 0. The van der Waals surface area contributed by atoms with Crippen LogP contribution in [0.25, 0.3) is 44.6 Å². The summed E-state index contributed by atoms with van der Waals surface area (Å²) in [5, 5.41) is 37.6. The summed E-state index contributed by atoms with van der Waals surface area (Å²) in [5.74, 6) is -0.622. The van der Waals surface area contributed by atoms with E-state index < -0.39 is 26.4 Å². The average molecular weight is 1420 g/mol. The summed E-state index contributed by atoms with van der Waals surface area (Å²) in [6, 6.07) is 50.5. The number of carbonyl (C=O) groups is 6. The zero-order chi connectivity index (χ0) is 73.6. The van der Waals surface area contributed by atoms with Gasteiger partial charge in [0, 0.05) is 45.9 Å². The van der Waals surface area contributed by atoms with Crippen LogP contribution in [0.2, 0.25) is 19.6 Å². The van der Waals surface area contributed by atoms with Gasteiger partial charge in [-0.25, -0.2) is 29.5 Å². The van der Waals surface area contributed by atoms with Crippen molar-refractivity contribution in [3.63, 3.8) is 0 Å². The molecule has 2 unspecified atom stereocenters. The Labute approximate surface area is 616 Å². The monoisotopic (exact) mass is 1420 g/mol. The first kappa shape index (κ1) is 79.4. The molecule has 15 nitrogen and oxygen atoms in total. The van der Waals surface area contributed by atoms with Crippen LogP contribution < -0.4 is 0 Å². The van der Waals surface area contributed by atoms with Gasteiger partial charge in [-0.1, -0.05) is 237 Å². The van der Waals surface area contributed by atoms with Gasteiger partial charge in [-0.3, -0.25) is 14.4 Å². The lowest BCUT2D eigenvalue weighted by molar-refractivity contribution is -0.119. The lowest BCUT2D eigenvalue weighted by Gasteiger charge is -2.30. The number of fused-ring (bicyclic) bond motifs is 2. The fourth-order valence-corrected chi connectivity index (χ4v) is 16.4. The minimum atomic E-state index is -1.55. The van der Waals surface area contributed by atoms with Gasteiger partial charge in [0.2, 0.25) is 11.6 Å². The van der Waals surface area contributed by atoms with Gasteiger partial charge in [0.05, 0.1) is 62.0 Å². The minimum absolute atomic E-state index is 0.0264. The number of Topliss-reactive ketones (excluding diaryl/α,β-unsaturated/α-hetero) is 3. The first-order valence-electron chi connectivity index (χ1n) is 38.6. The quantitative estimate of drug-likeness (QED) is 0.0352. The highest BCUT2D eigenvalue weighted by molar-refractivity contribution is 6.69. The van der Waals surface area contributed by atoms with Crippen molar-refractivity contribution in [3.8, 4) is 28.6 Å². The third kappa shape index (κ3) is 23.9. The molecule has 6 aromatic carbocycles. The number of hydrogen-bond acceptors (Lipinski definition) is 13. The molecule has 0 amide bonds. The molecule has 0 saturated heterocycles. The van der Waals surface area contributed by atoms with E-state index in [-0.39, 0.29) is 46.4 Å². The number of aromatic nitrogens is 4. The van der Waals surface area contributed by atoms with Gasteiger partial charge >= 0.3 is 11.9 Å². The molecule has 16 heteroatoms. The van der Waals surface area contributed by atoms with Gasteiger partial charge in [-0.05, 0) is 145 Å². The van der Waals surface area contributed by atoms with E-state index in [4.69, 9.17) is 29.6 Å². The zero-order valence-corrected chi connectivity index (χ0v) is 62.4. The van der Waals surface area contributed by atoms with Gasteiger partial charge in [0.15, 0.2) is 14.1 Å². The maximum absolute atomic E-state index is 12.0. The van der Waals surface area contributed by atoms with Gasteiger partial charge < -0.3 is 24.5 Å². The molecule has 548 valence electrons. The smallest absolute Gasteiger partial charge is 0.335 e. The Bertz CT molecular complexity index is 4070. The Morgan fingerprint density at radius 2 is 0.808 bits per heavy atom. The first-order chi connectivity index (χ1) is 50.5. The number of ketones is 3. The Morgan fingerprint density at radius 1 is 0.442 bits per heavy atom. The van der Waals surface area contributed by atoms with Crippen LogP contribution in [-0.4, -0.2) is 91.4 Å². The van der Waals surface area contributed by atoms with Crippen LogP contribution in [0.3, 0.4) is 0 Å². The number of aliphatic hydroxyl groups excluding tert-OH is 1. The highest BCUT2D eigenvalue weighted by Gasteiger charge is 2.32. The van der Waals surface area contributed by atoms with E-state index in [0.717, 1.165) is 141 Å². The molecule has 6 aliphatic carbocycles. The fraction of sp³-hybridized carbons (Fsp3) is 0.466. The summed E-state index contributed by atoms with van der Waals surface area (Å²) in [6.07, 6.45) is 35.2. The standard InChI is InChI=1S/2C21H20N2O2.C14H18O2.C14H16O2.C11H21NOSi.C7H12O/c2*24-21(25)16-11-12-17-18(13-16)23-20(15-9-5-2-6-10-15)19(22-17)14-7-3-1-4-8-14;2*15-13(11-7-3-1-4-8-11)14(16)12-9-5-2-6-10-12;1-14(2,3)13-11(9-12)10-7-5-4-6-8-10;8-6-7-4-2-1-3-5-7/h2,5-6,9-14H,1,3-4,7-8H2,(H,24,25);1,3-4,7-8,11-13,15H,2,5-6,9-10H2,(H,24,25);1,3-4,7-8,12,14,16H,2,5-6,9-10H2;1,3-4,7-8,12H,2,5-6,9-10H2;10-11H,4-8H2,1-3H3;6-7H,1-5H2. The molecular weight excluding hydrogens is 1320 g/mol. The van der Waals surface area contributed by atoms with E-state index in [0.29, 0.717) is 45.8 Å². The van der Waals surface area contributed by atoms with E-state index >= 15 is 0 Å².